The molecule has 3 rings (SSSR count). The topological polar surface area (TPSA) is 49.4 Å². The van der Waals surface area contributed by atoms with Gasteiger partial charge < -0.3 is 10.2 Å². The van der Waals surface area contributed by atoms with Crippen molar-refractivity contribution >= 4 is 23.2 Å². The molecule has 0 saturated carbocycles. The van der Waals surface area contributed by atoms with Gasteiger partial charge in [0.15, 0.2) is 0 Å². The predicted molar refractivity (Wildman–Crippen MR) is 115 cm³/mol. The lowest BCUT2D eigenvalue weighted by molar-refractivity contribution is -0.122. The number of carbonyl (C=O) groups is 2. The van der Waals surface area contributed by atoms with Gasteiger partial charge in [-0.2, -0.15) is 0 Å². The van der Waals surface area contributed by atoms with E-state index in [4.69, 9.17) is 0 Å². The van der Waals surface area contributed by atoms with E-state index in [1.54, 1.807) is 4.90 Å². The fraction of sp³-hybridized carbons (Fsp3) is 0.417. The lowest BCUT2D eigenvalue weighted by atomic mass is 9.85. The summed E-state index contributed by atoms with van der Waals surface area (Å²) < 4.78 is 0. The molecule has 2 aromatic carbocycles. The van der Waals surface area contributed by atoms with E-state index in [0.717, 1.165) is 16.9 Å². The molecule has 148 valence electrons. The molecule has 0 spiro atoms. The Hall–Kier alpha value is -2.62. The highest BCUT2D eigenvalue weighted by Gasteiger charge is 2.35. The summed E-state index contributed by atoms with van der Waals surface area (Å²) in [6, 6.07) is 15.9. The van der Waals surface area contributed by atoms with Crippen LogP contribution in [0.1, 0.15) is 58.1 Å². The standard InChI is InChI=1S/C24H30N2O2/c1-16(2)17-10-12-19(13-11-17)26-15-18(14-22(26)27)23(28)25-21-9-7-6-8-20(21)24(3,4)5/h6-13,16,18H,14-15H2,1-5H3,(H,25,28). The number of nitrogens with one attached hydrogen (secondary N) is 1. The van der Waals surface area contributed by atoms with Crippen molar-refractivity contribution in [3.8, 4) is 0 Å². The zero-order valence-electron chi connectivity index (χ0n) is 17.5. The maximum absolute atomic E-state index is 12.9. The van der Waals surface area contributed by atoms with Crippen LogP contribution >= 0.6 is 0 Å². The maximum atomic E-state index is 12.9. The van der Waals surface area contributed by atoms with E-state index in [9.17, 15) is 9.59 Å². The van der Waals surface area contributed by atoms with Crippen LogP contribution in [0.4, 0.5) is 11.4 Å². The number of amides is 2. The number of rotatable bonds is 4. The van der Waals surface area contributed by atoms with E-state index in [0.29, 0.717) is 12.5 Å². The first-order valence-electron chi connectivity index (χ1n) is 9.97. The number of anilines is 2. The Balaban J connectivity index is 1.73. The summed E-state index contributed by atoms with van der Waals surface area (Å²) in [5, 5.41) is 3.06. The van der Waals surface area contributed by atoms with Crippen molar-refractivity contribution < 1.29 is 9.59 Å². The molecule has 1 unspecified atom stereocenters. The third kappa shape index (κ3) is 4.27. The van der Waals surface area contributed by atoms with E-state index in [1.165, 1.54) is 5.56 Å². The second-order valence-electron chi connectivity index (χ2n) is 8.94. The van der Waals surface area contributed by atoms with Gasteiger partial charge in [-0.3, -0.25) is 9.59 Å². The van der Waals surface area contributed by atoms with Gasteiger partial charge in [-0.15, -0.1) is 0 Å². The number of para-hydroxylation sites is 1. The average molecular weight is 379 g/mol. The van der Waals surface area contributed by atoms with Gasteiger partial charge in [-0.05, 0) is 40.7 Å². The molecule has 1 aliphatic heterocycles. The molecule has 2 amide bonds. The lowest BCUT2D eigenvalue weighted by Crippen LogP contribution is -2.28. The minimum Gasteiger partial charge on any atom is -0.326 e. The van der Waals surface area contributed by atoms with Crippen molar-refractivity contribution in [3.05, 3.63) is 59.7 Å². The Morgan fingerprint density at radius 3 is 2.32 bits per heavy atom. The fourth-order valence-electron chi connectivity index (χ4n) is 3.65. The number of nitrogens with zero attached hydrogens (tertiary/aromatic N) is 1. The van der Waals surface area contributed by atoms with Gasteiger partial charge in [0.05, 0.1) is 5.92 Å². The van der Waals surface area contributed by atoms with Crippen molar-refractivity contribution in [1.29, 1.82) is 0 Å². The normalized spacial score (nSPS) is 17.3. The molecule has 1 N–H and O–H groups in total. The van der Waals surface area contributed by atoms with Crippen molar-refractivity contribution in [1.82, 2.24) is 0 Å². The molecule has 1 saturated heterocycles. The minimum atomic E-state index is -0.342. The molecule has 28 heavy (non-hydrogen) atoms. The van der Waals surface area contributed by atoms with E-state index in [-0.39, 0.29) is 29.6 Å². The molecule has 0 bridgehead atoms. The molecule has 0 aliphatic carbocycles. The van der Waals surface area contributed by atoms with Gasteiger partial charge in [-0.25, -0.2) is 0 Å². The Kier molecular flexibility index (Phi) is 5.59. The monoisotopic (exact) mass is 378 g/mol. The molecule has 0 radical (unpaired) electrons. The molecule has 2 aromatic rings. The smallest absolute Gasteiger partial charge is 0.229 e. The number of carbonyl (C=O) groups excluding carboxylic acids is 2. The highest BCUT2D eigenvalue weighted by atomic mass is 16.2. The third-order valence-electron chi connectivity index (χ3n) is 5.36. The molecular weight excluding hydrogens is 348 g/mol. The van der Waals surface area contributed by atoms with E-state index in [2.05, 4.69) is 52.1 Å². The van der Waals surface area contributed by atoms with Crippen LogP contribution in [0.5, 0.6) is 0 Å². The third-order valence-corrected chi connectivity index (χ3v) is 5.36. The molecule has 1 heterocycles. The summed E-state index contributed by atoms with van der Waals surface area (Å²) in [5.41, 5.74) is 3.95. The molecule has 4 nitrogen and oxygen atoms in total. The van der Waals surface area contributed by atoms with Crippen molar-refractivity contribution in [2.45, 2.75) is 52.4 Å². The Labute approximate surface area is 167 Å². The molecule has 1 fully saturated rings. The number of benzene rings is 2. The summed E-state index contributed by atoms with van der Waals surface area (Å²) in [7, 11) is 0. The van der Waals surface area contributed by atoms with Crippen LogP contribution in [-0.2, 0) is 15.0 Å². The van der Waals surface area contributed by atoms with Gasteiger partial charge in [0.1, 0.15) is 0 Å². The van der Waals surface area contributed by atoms with Crippen molar-refractivity contribution in [2.24, 2.45) is 5.92 Å². The highest BCUT2D eigenvalue weighted by Crippen LogP contribution is 2.31. The number of hydrogen-bond donors (Lipinski definition) is 1. The molecule has 4 heteroatoms. The highest BCUT2D eigenvalue weighted by molar-refractivity contribution is 6.03. The SMILES string of the molecule is CC(C)c1ccc(N2CC(C(=O)Nc3ccccc3C(C)(C)C)CC2=O)cc1. The average Bonchev–Trinajstić information content (AvgIpc) is 3.03. The van der Waals surface area contributed by atoms with Gasteiger partial charge in [0, 0.05) is 24.3 Å². The molecule has 0 aromatic heterocycles. The van der Waals surface area contributed by atoms with Crippen molar-refractivity contribution in [2.75, 3.05) is 16.8 Å². The first kappa shape index (κ1) is 20.1. The molecular formula is C24H30N2O2. The summed E-state index contributed by atoms with van der Waals surface area (Å²) >= 11 is 0. The Morgan fingerprint density at radius 2 is 1.71 bits per heavy atom. The minimum absolute atomic E-state index is 0.00144. The maximum Gasteiger partial charge on any atom is 0.229 e. The Morgan fingerprint density at radius 1 is 1.07 bits per heavy atom. The molecule has 1 aliphatic rings. The van der Waals surface area contributed by atoms with Crippen LogP contribution in [-0.4, -0.2) is 18.4 Å². The van der Waals surface area contributed by atoms with E-state index < -0.39 is 0 Å². The second kappa shape index (κ2) is 7.78. The van der Waals surface area contributed by atoms with Crippen LogP contribution < -0.4 is 10.2 Å². The van der Waals surface area contributed by atoms with Gasteiger partial charge in [0.2, 0.25) is 11.8 Å². The van der Waals surface area contributed by atoms with Gasteiger partial charge in [0.25, 0.3) is 0 Å². The van der Waals surface area contributed by atoms with E-state index >= 15 is 0 Å². The van der Waals surface area contributed by atoms with Crippen molar-refractivity contribution in [3.63, 3.8) is 0 Å². The summed E-state index contributed by atoms with van der Waals surface area (Å²) in [6.07, 6.45) is 0.245. The Bertz CT molecular complexity index is 863. The second-order valence-corrected chi connectivity index (χ2v) is 8.94. The van der Waals surface area contributed by atoms with Gasteiger partial charge in [-0.1, -0.05) is 65.0 Å². The quantitative estimate of drug-likeness (QED) is 0.805. The van der Waals surface area contributed by atoms with Gasteiger partial charge >= 0.3 is 0 Å². The molecule has 1 atom stereocenters. The predicted octanol–water partition coefficient (Wildman–Crippen LogP) is 5.10. The lowest BCUT2D eigenvalue weighted by Gasteiger charge is -2.23. The van der Waals surface area contributed by atoms with E-state index in [1.807, 2.05) is 36.4 Å². The largest absolute Gasteiger partial charge is 0.326 e. The van der Waals surface area contributed by atoms with Crippen LogP contribution in [0.2, 0.25) is 0 Å². The zero-order valence-corrected chi connectivity index (χ0v) is 17.5. The van der Waals surface area contributed by atoms with Crippen LogP contribution in [0, 0.1) is 5.92 Å². The van der Waals surface area contributed by atoms with Crippen LogP contribution in [0.3, 0.4) is 0 Å². The first-order valence-corrected chi connectivity index (χ1v) is 9.97. The van der Waals surface area contributed by atoms with Crippen LogP contribution in [0.25, 0.3) is 0 Å². The number of hydrogen-bond acceptors (Lipinski definition) is 2. The summed E-state index contributed by atoms with van der Waals surface area (Å²) in [5.74, 6) is 0.0166. The first-order chi connectivity index (χ1) is 13.2. The van der Waals surface area contributed by atoms with Crippen LogP contribution in [0.15, 0.2) is 48.5 Å². The fourth-order valence-corrected chi connectivity index (χ4v) is 3.65. The summed E-state index contributed by atoms with van der Waals surface area (Å²) in [6.45, 7) is 11.1. The summed E-state index contributed by atoms with van der Waals surface area (Å²) in [4.78, 5) is 27.1. The zero-order chi connectivity index (χ0) is 20.5.